The third-order valence-electron chi connectivity index (χ3n) is 4.01. The summed E-state index contributed by atoms with van der Waals surface area (Å²) in [5.74, 6) is 0.716. The molecular weight excluding hydrogens is 264 g/mol. The molecule has 0 aliphatic heterocycles. The van der Waals surface area contributed by atoms with Crippen LogP contribution in [0.25, 0.3) is 10.8 Å². The van der Waals surface area contributed by atoms with Crippen LogP contribution >= 0.6 is 0 Å². The van der Waals surface area contributed by atoms with Crippen molar-refractivity contribution in [3.63, 3.8) is 0 Å². The van der Waals surface area contributed by atoms with E-state index in [0.29, 0.717) is 11.9 Å². The second kappa shape index (κ2) is 4.70. The maximum atomic E-state index is 12.2. The van der Waals surface area contributed by atoms with Crippen LogP contribution in [0.1, 0.15) is 17.9 Å². The van der Waals surface area contributed by atoms with Gasteiger partial charge in [0.2, 0.25) is 11.9 Å². The van der Waals surface area contributed by atoms with Gasteiger partial charge >= 0.3 is 0 Å². The minimum Gasteiger partial charge on any atom is -0.295 e. The first-order valence-electron chi connectivity index (χ1n) is 6.97. The number of aromatic amines is 1. The van der Waals surface area contributed by atoms with Gasteiger partial charge in [-0.2, -0.15) is 10.1 Å². The lowest BCUT2D eigenvalue weighted by Gasteiger charge is -2.06. The molecule has 0 spiro atoms. The highest BCUT2D eigenvalue weighted by Gasteiger charge is 2.44. The van der Waals surface area contributed by atoms with Crippen molar-refractivity contribution in [1.82, 2.24) is 15.2 Å². The van der Waals surface area contributed by atoms with Gasteiger partial charge in [-0.3, -0.25) is 10.1 Å². The van der Waals surface area contributed by atoms with Crippen LogP contribution in [0.3, 0.4) is 0 Å². The summed E-state index contributed by atoms with van der Waals surface area (Å²) in [5, 5.41) is 11.6. The molecule has 2 N–H and O–H groups in total. The van der Waals surface area contributed by atoms with Crippen LogP contribution in [-0.4, -0.2) is 21.1 Å². The van der Waals surface area contributed by atoms with E-state index < -0.39 is 0 Å². The Kier molecular flexibility index (Phi) is 2.70. The lowest BCUT2D eigenvalue weighted by molar-refractivity contribution is -0.117. The molecule has 2 aromatic carbocycles. The van der Waals surface area contributed by atoms with E-state index in [1.807, 2.05) is 12.1 Å². The van der Waals surface area contributed by atoms with E-state index in [1.165, 1.54) is 22.7 Å². The van der Waals surface area contributed by atoms with E-state index >= 15 is 0 Å². The lowest BCUT2D eigenvalue weighted by Crippen LogP contribution is -2.15. The van der Waals surface area contributed by atoms with Crippen LogP contribution in [0.4, 0.5) is 5.95 Å². The van der Waals surface area contributed by atoms with Gasteiger partial charge in [-0.05, 0) is 28.7 Å². The molecule has 0 radical (unpaired) electrons. The fraction of sp³-hybridized carbons (Fsp3) is 0.188. The lowest BCUT2D eigenvalue weighted by atomic mass is 10.00. The van der Waals surface area contributed by atoms with Gasteiger partial charge < -0.3 is 0 Å². The second-order valence-electron chi connectivity index (χ2n) is 5.34. The number of hydrogen-bond donors (Lipinski definition) is 2. The number of nitrogens with one attached hydrogen (secondary N) is 2. The Bertz CT molecular complexity index is 792. The molecule has 1 aliphatic carbocycles. The van der Waals surface area contributed by atoms with Crippen LogP contribution < -0.4 is 5.32 Å². The first kappa shape index (κ1) is 12.1. The zero-order valence-corrected chi connectivity index (χ0v) is 11.3. The van der Waals surface area contributed by atoms with Gasteiger partial charge in [-0.1, -0.05) is 42.5 Å². The molecule has 1 fully saturated rings. The number of fused-ring (bicyclic) bond motifs is 1. The van der Waals surface area contributed by atoms with Crippen molar-refractivity contribution in [2.24, 2.45) is 5.92 Å². The molecule has 0 saturated heterocycles. The maximum absolute atomic E-state index is 12.2. The number of anilines is 1. The van der Waals surface area contributed by atoms with Gasteiger partial charge in [-0.15, -0.1) is 0 Å². The predicted octanol–water partition coefficient (Wildman–Crippen LogP) is 2.70. The van der Waals surface area contributed by atoms with E-state index in [1.54, 1.807) is 0 Å². The average molecular weight is 278 g/mol. The molecular formula is C16H14N4O. The van der Waals surface area contributed by atoms with Crippen molar-refractivity contribution in [1.29, 1.82) is 0 Å². The molecule has 104 valence electrons. The average Bonchev–Trinajstić information content (AvgIpc) is 3.16. The van der Waals surface area contributed by atoms with E-state index in [4.69, 9.17) is 0 Å². The summed E-state index contributed by atoms with van der Waals surface area (Å²) in [4.78, 5) is 16.1. The first-order chi connectivity index (χ1) is 10.3. The summed E-state index contributed by atoms with van der Waals surface area (Å²) in [6, 6.07) is 14.6. The Morgan fingerprint density at radius 2 is 2.05 bits per heavy atom. The summed E-state index contributed by atoms with van der Waals surface area (Å²) in [6.07, 6.45) is 2.26. The van der Waals surface area contributed by atoms with Crippen molar-refractivity contribution in [3.8, 4) is 0 Å². The number of nitrogens with zero attached hydrogens (tertiary/aromatic N) is 2. The Morgan fingerprint density at radius 1 is 1.19 bits per heavy atom. The van der Waals surface area contributed by atoms with Crippen LogP contribution in [0.15, 0.2) is 48.8 Å². The third-order valence-corrected chi connectivity index (χ3v) is 4.01. The summed E-state index contributed by atoms with van der Waals surface area (Å²) in [7, 11) is 0. The normalized spacial score (nSPS) is 20.4. The molecule has 1 saturated carbocycles. The topological polar surface area (TPSA) is 70.7 Å². The zero-order chi connectivity index (χ0) is 14.2. The number of hydrogen-bond acceptors (Lipinski definition) is 3. The van der Waals surface area contributed by atoms with Crippen LogP contribution in [0.5, 0.6) is 0 Å². The SMILES string of the molecule is O=C(Nc1ncn[nH]1)[C@@H]1C[C@@H]1c1cccc2ccccc12. The van der Waals surface area contributed by atoms with Gasteiger partial charge in [-0.25, -0.2) is 5.10 Å². The van der Waals surface area contributed by atoms with Gasteiger partial charge in [0.1, 0.15) is 6.33 Å². The van der Waals surface area contributed by atoms with Gasteiger partial charge in [0.25, 0.3) is 0 Å². The smallest absolute Gasteiger partial charge is 0.230 e. The number of aromatic nitrogens is 3. The minimum atomic E-state index is 0.00434. The van der Waals surface area contributed by atoms with Gasteiger partial charge in [0, 0.05) is 5.92 Å². The third kappa shape index (κ3) is 2.16. The molecule has 5 heteroatoms. The number of H-pyrrole nitrogens is 1. The van der Waals surface area contributed by atoms with E-state index in [2.05, 4.69) is 50.8 Å². The Hall–Kier alpha value is -2.69. The van der Waals surface area contributed by atoms with Crippen molar-refractivity contribution in [2.75, 3.05) is 5.32 Å². The van der Waals surface area contributed by atoms with Gasteiger partial charge in [0.05, 0.1) is 0 Å². The standard InChI is InChI=1S/C16H14N4O/c21-15(19-16-17-9-18-20-16)14-8-13(14)12-7-3-5-10-4-1-2-6-11(10)12/h1-7,9,13-14H,8H2,(H2,17,18,19,20,21)/t13-,14-/m1/s1. The Labute approximate surface area is 121 Å². The second-order valence-corrected chi connectivity index (χ2v) is 5.34. The number of benzene rings is 2. The van der Waals surface area contributed by atoms with E-state index in [0.717, 1.165) is 6.42 Å². The number of carbonyl (C=O) groups excluding carboxylic acids is 1. The summed E-state index contributed by atoms with van der Waals surface area (Å²) < 4.78 is 0. The molecule has 4 rings (SSSR count). The number of rotatable bonds is 3. The van der Waals surface area contributed by atoms with Crippen molar-refractivity contribution < 1.29 is 4.79 Å². The number of carbonyl (C=O) groups is 1. The van der Waals surface area contributed by atoms with E-state index in [9.17, 15) is 4.79 Å². The highest BCUT2D eigenvalue weighted by molar-refractivity contribution is 5.95. The fourth-order valence-corrected chi connectivity index (χ4v) is 2.88. The van der Waals surface area contributed by atoms with Crippen LogP contribution in [0.2, 0.25) is 0 Å². The van der Waals surface area contributed by atoms with Crippen molar-refractivity contribution >= 4 is 22.6 Å². The van der Waals surface area contributed by atoms with Gasteiger partial charge in [0.15, 0.2) is 0 Å². The molecule has 2 atom stereocenters. The highest BCUT2D eigenvalue weighted by atomic mass is 16.2. The summed E-state index contributed by atoms with van der Waals surface area (Å²) in [5.41, 5.74) is 1.26. The Morgan fingerprint density at radius 3 is 2.90 bits per heavy atom. The van der Waals surface area contributed by atoms with E-state index in [-0.39, 0.29) is 11.8 Å². The molecule has 1 amide bonds. The fourth-order valence-electron chi connectivity index (χ4n) is 2.88. The molecule has 0 bridgehead atoms. The molecule has 21 heavy (non-hydrogen) atoms. The minimum absolute atomic E-state index is 0.00434. The van der Waals surface area contributed by atoms with Crippen LogP contribution in [-0.2, 0) is 4.79 Å². The number of amides is 1. The summed E-state index contributed by atoms with van der Waals surface area (Å²) in [6.45, 7) is 0. The molecule has 0 unspecified atom stereocenters. The molecule has 1 aliphatic rings. The molecule has 5 nitrogen and oxygen atoms in total. The summed E-state index contributed by atoms with van der Waals surface area (Å²) >= 11 is 0. The quantitative estimate of drug-likeness (QED) is 0.773. The first-order valence-corrected chi connectivity index (χ1v) is 6.97. The predicted molar refractivity (Wildman–Crippen MR) is 79.8 cm³/mol. The molecule has 3 aromatic rings. The molecule has 1 aromatic heterocycles. The van der Waals surface area contributed by atoms with Crippen molar-refractivity contribution in [2.45, 2.75) is 12.3 Å². The van der Waals surface area contributed by atoms with Crippen LogP contribution in [0, 0.1) is 5.92 Å². The van der Waals surface area contributed by atoms with Crippen molar-refractivity contribution in [3.05, 3.63) is 54.4 Å². The zero-order valence-electron chi connectivity index (χ0n) is 11.3. The molecule has 1 heterocycles. The highest BCUT2D eigenvalue weighted by Crippen LogP contribution is 2.49. The maximum Gasteiger partial charge on any atom is 0.230 e. The largest absolute Gasteiger partial charge is 0.295 e. The Balaban J connectivity index is 1.57. The monoisotopic (exact) mass is 278 g/mol.